The number of para-hydroxylation sites is 1. The first-order chi connectivity index (χ1) is 7.62. The second-order valence-corrected chi connectivity index (χ2v) is 4.40. The molecule has 0 spiro atoms. The molecule has 0 unspecified atom stereocenters. The molecule has 1 N–H and O–H groups in total. The van der Waals surface area contributed by atoms with Crippen molar-refractivity contribution in [2.75, 3.05) is 7.11 Å². The van der Waals surface area contributed by atoms with Gasteiger partial charge in [0.15, 0.2) is 0 Å². The highest BCUT2D eigenvalue weighted by atomic mass is 16.5. The van der Waals surface area contributed by atoms with Crippen LogP contribution < -0.4 is 4.74 Å². The van der Waals surface area contributed by atoms with Crippen LogP contribution in [0.3, 0.4) is 0 Å². The van der Waals surface area contributed by atoms with Crippen LogP contribution in [0.2, 0.25) is 0 Å². The Balaban J connectivity index is 2.54. The van der Waals surface area contributed by atoms with Crippen LogP contribution in [0, 0.1) is 6.92 Å². The van der Waals surface area contributed by atoms with Gasteiger partial charge in [-0.25, -0.2) is 0 Å². The number of carboxylic acids is 1. The maximum absolute atomic E-state index is 11.4. The normalized spacial score (nSPS) is 17.6. The van der Waals surface area contributed by atoms with Gasteiger partial charge in [0.25, 0.3) is 0 Å². The van der Waals surface area contributed by atoms with Crippen LogP contribution in [0.1, 0.15) is 30.4 Å². The molecular weight excluding hydrogens is 204 g/mol. The number of methoxy groups -OCH3 is 1. The third-order valence-electron chi connectivity index (χ3n) is 3.55. The summed E-state index contributed by atoms with van der Waals surface area (Å²) in [5, 5.41) is 9.39. The Labute approximate surface area is 95.0 Å². The fourth-order valence-electron chi connectivity index (χ4n) is 2.43. The number of carbonyl (C=O) groups is 1. The zero-order valence-electron chi connectivity index (χ0n) is 9.62. The minimum Gasteiger partial charge on any atom is -0.496 e. The van der Waals surface area contributed by atoms with Gasteiger partial charge < -0.3 is 9.84 Å². The first-order valence-electron chi connectivity index (χ1n) is 5.49. The molecule has 0 bridgehead atoms. The molecule has 0 amide bonds. The van der Waals surface area contributed by atoms with E-state index in [9.17, 15) is 9.90 Å². The molecule has 0 radical (unpaired) electrons. The fourth-order valence-corrected chi connectivity index (χ4v) is 2.43. The number of hydrogen-bond donors (Lipinski definition) is 1. The largest absolute Gasteiger partial charge is 0.496 e. The van der Waals surface area contributed by atoms with Crippen LogP contribution >= 0.6 is 0 Å². The van der Waals surface area contributed by atoms with Gasteiger partial charge in [-0.2, -0.15) is 0 Å². The Kier molecular flexibility index (Phi) is 2.62. The molecule has 1 aromatic carbocycles. The van der Waals surface area contributed by atoms with Crippen LogP contribution in [0.15, 0.2) is 18.2 Å². The third kappa shape index (κ3) is 1.39. The molecule has 1 fully saturated rings. The van der Waals surface area contributed by atoms with Gasteiger partial charge in [0.05, 0.1) is 12.5 Å². The molecule has 1 aromatic rings. The Morgan fingerprint density at radius 1 is 1.44 bits per heavy atom. The lowest BCUT2D eigenvalue weighted by Crippen LogP contribution is -2.42. The maximum Gasteiger partial charge on any atom is 0.314 e. The van der Waals surface area contributed by atoms with Crippen molar-refractivity contribution < 1.29 is 14.6 Å². The fraction of sp³-hybridized carbons (Fsp3) is 0.462. The molecular formula is C13H16O3. The van der Waals surface area contributed by atoms with Gasteiger partial charge in [-0.15, -0.1) is 0 Å². The van der Waals surface area contributed by atoms with Crippen LogP contribution in [0.4, 0.5) is 0 Å². The highest BCUT2D eigenvalue weighted by molar-refractivity contribution is 5.84. The predicted octanol–water partition coefficient (Wildman–Crippen LogP) is 2.51. The van der Waals surface area contributed by atoms with E-state index in [2.05, 4.69) is 0 Å². The Morgan fingerprint density at radius 2 is 2.12 bits per heavy atom. The molecule has 3 heteroatoms. The molecule has 0 atom stereocenters. The molecule has 0 saturated heterocycles. The van der Waals surface area contributed by atoms with Gasteiger partial charge in [0.2, 0.25) is 0 Å². The third-order valence-corrected chi connectivity index (χ3v) is 3.55. The average Bonchev–Trinajstić information content (AvgIpc) is 2.15. The Morgan fingerprint density at radius 3 is 2.56 bits per heavy atom. The van der Waals surface area contributed by atoms with Gasteiger partial charge in [0, 0.05) is 5.56 Å². The monoisotopic (exact) mass is 220 g/mol. The molecule has 1 aliphatic carbocycles. The highest BCUT2D eigenvalue weighted by Crippen LogP contribution is 2.48. The summed E-state index contributed by atoms with van der Waals surface area (Å²) in [4.78, 5) is 11.4. The molecule has 1 saturated carbocycles. The zero-order chi connectivity index (χ0) is 11.8. The summed E-state index contributed by atoms with van der Waals surface area (Å²) in [6, 6.07) is 5.71. The molecule has 1 aliphatic rings. The number of carboxylic acid groups (broad SMARTS) is 1. The second kappa shape index (κ2) is 3.81. The van der Waals surface area contributed by atoms with Crippen LogP contribution in [-0.2, 0) is 10.2 Å². The molecule has 0 heterocycles. The van der Waals surface area contributed by atoms with E-state index in [1.165, 1.54) is 0 Å². The molecule has 16 heavy (non-hydrogen) atoms. The number of hydrogen-bond acceptors (Lipinski definition) is 2. The maximum atomic E-state index is 11.4. The summed E-state index contributed by atoms with van der Waals surface area (Å²) in [7, 11) is 1.60. The van der Waals surface area contributed by atoms with E-state index in [0.29, 0.717) is 12.8 Å². The minimum atomic E-state index is -0.734. The van der Waals surface area contributed by atoms with Gasteiger partial charge in [-0.3, -0.25) is 4.79 Å². The summed E-state index contributed by atoms with van der Waals surface area (Å²) in [6.07, 6.45) is 2.40. The number of benzene rings is 1. The topological polar surface area (TPSA) is 46.5 Å². The quantitative estimate of drug-likeness (QED) is 0.851. The van der Waals surface area contributed by atoms with Crippen molar-refractivity contribution in [3.8, 4) is 5.75 Å². The van der Waals surface area contributed by atoms with Crippen molar-refractivity contribution in [1.29, 1.82) is 0 Å². The lowest BCUT2D eigenvalue weighted by atomic mass is 9.64. The van der Waals surface area contributed by atoms with Crippen molar-refractivity contribution in [3.63, 3.8) is 0 Å². The molecule has 0 aliphatic heterocycles. The van der Waals surface area contributed by atoms with Crippen LogP contribution in [0.25, 0.3) is 0 Å². The molecule has 86 valence electrons. The standard InChI is InChI=1S/C13H16O3/c1-9-5-3-6-10(11(9)16-2)13(12(14)15)7-4-8-13/h3,5-6H,4,7-8H2,1-2H3,(H,14,15). The Hall–Kier alpha value is -1.51. The highest BCUT2D eigenvalue weighted by Gasteiger charge is 2.47. The van der Waals surface area contributed by atoms with Gasteiger partial charge in [-0.1, -0.05) is 24.6 Å². The first kappa shape index (κ1) is 11.0. The van der Waals surface area contributed by atoms with Crippen LogP contribution in [0.5, 0.6) is 5.75 Å². The summed E-state index contributed by atoms with van der Waals surface area (Å²) in [6.45, 7) is 1.94. The SMILES string of the molecule is COc1c(C)cccc1C1(C(=O)O)CCC1. The number of aliphatic carboxylic acids is 1. The zero-order valence-corrected chi connectivity index (χ0v) is 9.62. The lowest BCUT2D eigenvalue weighted by molar-refractivity contribution is -0.147. The van der Waals surface area contributed by atoms with E-state index in [1.54, 1.807) is 7.11 Å². The summed E-state index contributed by atoms with van der Waals surface area (Å²) < 4.78 is 5.34. The van der Waals surface area contributed by atoms with Gasteiger partial charge >= 0.3 is 5.97 Å². The molecule has 0 aromatic heterocycles. The van der Waals surface area contributed by atoms with Crippen molar-refractivity contribution in [2.45, 2.75) is 31.6 Å². The van der Waals surface area contributed by atoms with Crippen molar-refractivity contribution >= 4 is 5.97 Å². The van der Waals surface area contributed by atoms with E-state index in [4.69, 9.17) is 4.74 Å². The second-order valence-electron chi connectivity index (χ2n) is 4.40. The number of aryl methyl sites for hydroxylation is 1. The number of rotatable bonds is 3. The van der Waals surface area contributed by atoms with Gasteiger partial charge in [0.1, 0.15) is 5.75 Å². The summed E-state index contributed by atoms with van der Waals surface area (Å²) in [5.41, 5.74) is 1.11. The van der Waals surface area contributed by atoms with Crippen molar-refractivity contribution in [2.24, 2.45) is 0 Å². The van der Waals surface area contributed by atoms with E-state index in [1.807, 2.05) is 25.1 Å². The van der Waals surface area contributed by atoms with E-state index < -0.39 is 11.4 Å². The summed E-state index contributed by atoms with van der Waals surface area (Å²) >= 11 is 0. The predicted molar refractivity (Wildman–Crippen MR) is 60.9 cm³/mol. The molecule has 3 nitrogen and oxygen atoms in total. The summed E-state index contributed by atoms with van der Waals surface area (Å²) in [5.74, 6) is -0.00718. The average molecular weight is 220 g/mol. The minimum absolute atomic E-state index is 0.710. The van der Waals surface area contributed by atoms with Gasteiger partial charge in [-0.05, 0) is 25.3 Å². The Bertz CT molecular complexity index is 419. The number of ether oxygens (including phenoxy) is 1. The first-order valence-corrected chi connectivity index (χ1v) is 5.49. The lowest BCUT2D eigenvalue weighted by Gasteiger charge is -2.39. The van der Waals surface area contributed by atoms with E-state index in [-0.39, 0.29) is 0 Å². The van der Waals surface area contributed by atoms with Crippen LogP contribution in [-0.4, -0.2) is 18.2 Å². The molecule has 2 rings (SSSR count). The van der Waals surface area contributed by atoms with E-state index in [0.717, 1.165) is 23.3 Å². The smallest absolute Gasteiger partial charge is 0.314 e. The van der Waals surface area contributed by atoms with Crippen molar-refractivity contribution in [3.05, 3.63) is 29.3 Å². The van der Waals surface area contributed by atoms with Crippen molar-refractivity contribution in [1.82, 2.24) is 0 Å². The van der Waals surface area contributed by atoms with E-state index >= 15 is 0 Å².